The maximum atomic E-state index is 4.85. The molecule has 0 saturated carbocycles. The van der Waals surface area contributed by atoms with Crippen molar-refractivity contribution in [1.29, 1.82) is 0 Å². The van der Waals surface area contributed by atoms with E-state index in [-0.39, 0.29) is 0 Å². The van der Waals surface area contributed by atoms with Crippen LogP contribution in [0.5, 0.6) is 0 Å². The SMILES string of the molecule is CC[NH+]1CCc2c(sc3c2c(N2CC[NH2+]CC2)nc2nnnn23)C1. The molecule has 126 valence electrons. The van der Waals surface area contributed by atoms with Crippen LogP contribution in [0.4, 0.5) is 5.82 Å². The third-order valence-electron chi connectivity index (χ3n) is 5.29. The minimum Gasteiger partial charge on any atom is -0.345 e. The largest absolute Gasteiger partial charge is 0.345 e. The van der Waals surface area contributed by atoms with Crippen molar-refractivity contribution < 1.29 is 10.2 Å². The van der Waals surface area contributed by atoms with Crippen LogP contribution in [0, 0.1) is 0 Å². The predicted molar refractivity (Wildman–Crippen MR) is 91.6 cm³/mol. The topological polar surface area (TPSA) is 80.3 Å². The number of hydrogen-bond donors (Lipinski definition) is 2. The Kier molecular flexibility index (Phi) is 3.39. The van der Waals surface area contributed by atoms with Gasteiger partial charge in [0.05, 0.1) is 49.5 Å². The molecular weight excluding hydrogens is 324 g/mol. The summed E-state index contributed by atoms with van der Waals surface area (Å²) in [5.74, 6) is 1.71. The summed E-state index contributed by atoms with van der Waals surface area (Å²) < 4.78 is 1.82. The lowest BCUT2D eigenvalue weighted by Crippen LogP contribution is -3.11. The van der Waals surface area contributed by atoms with Crippen molar-refractivity contribution in [3.05, 3.63) is 10.4 Å². The molecular formula is C15H22N8S+2. The van der Waals surface area contributed by atoms with Gasteiger partial charge in [0, 0.05) is 6.42 Å². The average molecular weight is 346 g/mol. The second-order valence-corrected chi connectivity index (χ2v) is 7.73. The van der Waals surface area contributed by atoms with Gasteiger partial charge in [0.15, 0.2) is 0 Å². The lowest BCUT2D eigenvalue weighted by Gasteiger charge is -2.27. The first-order chi connectivity index (χ1) is 11.8. The van der Waals surface area contributed by atoms with Crippen LogP contribution in [-0.2, 0) is 13.0 Å². The van der Waals surface area contributed by atoms with Crippen LogP contribution >= 0.6 is 11.3 Å². The molecule has 2 aliphatic heterocycles. The molecule has 24 heavy (non-hydrogen) atoms. The zero-order chi connectivity index (χ0) is 16.1. The van der Waals surface area contributed by atoms with Crippen LogP contribution < -0.4 is 15.1 Å². The van der Waals surface area contributed by atoms with Gasteiger partial charge in [-0.3, -0.25) is 0 Å². The minimum atomic E-state index is 0.616. The maximum absolute atomic E-state index is 4.85. The number of nitrogens with zero attached hydrogens (tertiary/aromatic N) is 6. The minimum absolute atomic E-state index is 0.616. The summed E-state index contributed by atoms with van der Waals surface area (Å²) in [5.41, 5.74) is 1.49. The normalized spacial score (nSPS) is 21.5. The number of nitrogens with one attached hydrogen (secondary N) is 1. The summed E-state index contributed by atoms with van der Waals surface area (Å²) in [6.07, 6.45) is 1.13. The molecule has 0 aromatic carbocycles. The number of likely N-dealkylation sites (N-methyl/N-ethyl adjacent to an activating group) is 1. The number of hydrogen-bond acceptors (Lipinski definition) is 6. The van der Waals surface area contributed by atoms with Crippen LogP contribution in [0.25, 0.3) is 16.0 Å². The van der Waals surface area contributed by atoms with Crippen LogP contribution in [-0.4, -0.2) is 64.3 Å². The molecule has 0 aliphatic carbocycles. The van der Waals surface area contributed by atoms with Gasteiger partial charge < -0.3 is 15.1 Å². The van der Waals surface area contributed by atoms with Crippen molar-refractivity contribution in [2.75, 3.05) is 44.2 Å². The molecule has 0 spiro atoms. The number of fused-ring (bicyclic) bond motifs is 5. The fraction of sp³-hybridized carbons (Fsp3) is 0.600. The molecule has 8 nitrogen and oxygen atoms in total. The number of nitrogens with two attached hydrogens (primary N) is 1. The highest BCUT2D eigenvalue weighted by atomic mass is 32.1. The van der Waals surface area contributed by atoms with Crippen molar-refractivity contribution in [3.63, 3.8) is 0 Å². The van der Waals surface area contributed by atoms with E-state index >= 15 is 0 Å². The van der Waals surface area contributed by atoms with Gasteiger partial charge in [-0.05, 0) is 22.9 Å². The molecule has 5 rings (SSSR count). The Labute approximate surface area is 143 Å². The Bertz CT molecular complexity index is 894. The van der Waals surface area contributed by atoms with Gasteiger partial charge in [0.1, 0.15) is 17.2 Å². The number of thiophene rings is 1. The summed E-state index contributed by atoms with van der Waals surface area (Å²) in [5, 5.41) is 15.8. The molecule has 1 saturated heterocycles. The van der Waals surface area contributed by atoms with Crippen molar-refractivity contribution in [1.82, 2.24) is 25.0 Å². The second-order valence-electron chi connectivity index (χ2n) is 6.64. The first-order valence-corrected chi connectivity index (χ1v) is 9.59. The highest BCUT2D eigenvalue weighted by Gasteiger charge is 2.29. The summed E-state index contributed by atoms with van der Waals surface area (Å²) in [6, 6.07) is 0. The summed E-state index contributed by atoms with van der Waals surface area (Å²) in [4.78, 5) is 11.6. The Morgan fingerprint density at radius 3 is 3.00 bits per heavy atom. The molecule has 2 aliphatic rings. The number of quaternary nitrogens is 2. The third kappa shape index (κ3) is 2.11. The van der Waals surface area contributed by atoms with Crippen molar-refractivity contribution in [3.8, 4) is 0 Å². The van der Waals surface area contributed by atoms with E-state index in [0.29, 0.717) is 5.78 Å². The highest BCUT2D eigenvalue weighted by Crippen LogP contribution is 2.37. The first kappa shape index (κ1) is 14.5. The summed E-state index contributed by atoms with van der Waals surface area (Å²) in [7, 11) is 0. The Balaban J connectivity index is 1.75. The molecule has 3 aromatic heterocycles. The molecule has 1 fully saturated rings. The monoisotopic (exact) mass is 346 g/mol. The molecule has 0 bridgehead atoms. The van der Waals surface area contributed by atoms with E-state index in [2.05, 4.69) is 32.7 Å². The smallest absolute Gasteiger partial charge is 0.276 e. The van der Waals surface area contributed by atoms with Gasteiger partial charge in [0.2, 0.25) is 0 Å². The fourth-order valence-corrected chi connectivity index (χ4v) is 5.29. The van der Waals surface area contributed by atoms with E-state index < -0.39 is 0 Å². The quantitative estimate of drug-likeness (QED) is 0.565. The van der Waals surface area contributed by atoms with Gasteiger partial charge >= 0.3 is 0 Å². The molecule has 0 radical (unpaired) electrons. The Morgan fingerprint density at radius 1 is 1.29 bits per heavy atom. The molecule has 3 N–H and O–H groups in total. The van der Waals surface area contributed by atoms with E-state index in [1.807, 2.05) is 15.9 Å². The van der Waals surface area contributed by atoms with Gasteiger partial charge in [0.25, 0.3) is 5.78 Å². The van der Waals surface area contributed by atoms with Gasteiger partial charge in [-0.1, -0.05) is 5.10 Å². The number of piperazine rings is 1. The lowest BCUT2D eigenvalue weighted by atomic mass is 10.0. The predicted octanol–water partition coefficient (Wildman–Crippen LogP) is -1.92. The van der Waals surface area contributed by atoms with Crippen LogP contribution in [0.15, 0.2) is 0 Å². The molecule has 3 aromatic rings. The van der Waals surface area contributed by atoms with Gasteiger partial charge in [-0.2, -0.15) is 9.50 Å². The van der Waals surface area contributed by atoms with Crippen LogP contribution in [0.2, 0.25) is 0 Å². The van der Waals surface area contributed by atoms with E-state index in [4.69, 9.17) is 4.98 Å². The van der Waals surface area contributed by atoms with E-state index in [0.717, 1.165) is 49.8 Å². The summed E-state index contributed by atoms with van der Waals surface area (Å²) in [6.45, 7) is 10.1. The molecule has 9 heteroatoms. The van der Waals surface area contributed by atoms with Crippen molar-refractivity contribution in [2.45, 2.75) is 19.9 Å². The Hall–Kier alpha value is -1.84. The van der Waals surface area contributed by atoms with Gasteiger partial charge in [-0.25, -0.2) is 0 Å². The second kappa shape index (κ2) is 5.61. The zero-order valence-electron chi connectivity index (χ0n) is 13.8. The van der Waals surface area contributed by atoms with E-state index in [1.54, 1.807) is 4.90 Å². The molecule has 1 atom stereocenters. The third-order valence-corrected chi connectivity index (χ3v) is 6.50. The number of rotatable bonds is 2. The number of tetrazole rings is 1. The fourth-order valence-electron chi connectivity index (χ4n) is 3.93. The zero-order valence-corrected chi connectivity index (χ0v) is 14.6. The van der Waals surface area contributed by atoms with E-state index in [1.165, 1.54) is 28.9 Å². The number of anilines is 1. The molecule has 5 heterocycles. The Morgan fingerprint density at radius 2 is 2.17 bits per heavy atom. The number of aromatic nitrogens is 5. The van der Waals surface area contributed by atoms with Crippen molar-refractivity contribution >= 4 is 33.1 Å². The standard InChI is InChI=1S/C15H20N8S/c1-2-21-6-3-10-11(9-21)24-14-12(10)13(22-7-4-16-5-8-22)17-15-18-19-20-23(14)15/h16H,2-9H2,1H3/p+2. The highest BCUT2D eigenvalue weighted by molar-refractivity contribution is 7.19. The molecule has 1 unspecified atom stereocenters. The van der Waals surface area contributed by atoms with Crippen LogP contribution in [0.1, 0.15) is 17.4 Å². The van der Waals surface area contributed by atoms with Gasteiger partial charge in [-0.15, -0.1) is 11.3 Å². The molecule has 0 amide bonds. The summed E-state index contributed by atoms with van der Waals surface area (Å²) >= 11 is 1.86. The lowest BCUT2D eigenvalue weighted by molar-refractivity contribution is -0.913. The van der Waals surface area contributed by atoms with Crippen molar-refractivity contribution in [2.24, 2.45) is 0 Å². The average Bonchev–Trinajstić information content (AvgIpc) is 3.25. The maximum Gasteiger partial charge on any atom is 0.276 e. The van der Waals surface area contributed by atoms with E-state index in [9.17, 15) is 0 Å². The first-order valence-electron chi connectivity index (χ1n) is 8.77. The van der Waals surface area contributed by atoms with Crippen LogP contribution in [0.3, 0.4) is 0 Å².